The van der Waals surface area contributed by atoms with Gasteiger partial charge in [-0.1, -0.05) is 390 Å². The topological polar surface area (TPSA) is 95.9 Å². The van der Waals surface area contributed by atoms with Crippen LogP contribution in [-0.2, 0) is 14.3 Å². The third kappa shape index (κ3) is 74.7. The predicted octanol–water partition coefficient (Wildman–Crippen LogP) is 26.8. The molecule has 0 saturated carbocycles. The maximum Gasteiger partial charge on any atom is 0.305 e. The normalized spacial score (nSPS) is 12.7. The van der Waals surface area contributed by atoms with E-state index in [1.165, 1.54) is 366 Å². The number of nitrogens with one attached hydrogen (secondary N) is 1. The summed E-state index contributed by atoms with van der Waals surface area (Å²) >= 11 is 0. The summed E-state index contributed by atoms with van der Waals surface area (Å²) in [6.45, 7) is 4.93. The van der Waals surface area contributed by atoms with Gasteiger partial charge in [-0.3, -0.25) is 9.59 Å². The van der Waals surface area contributed by atoms with E-state index in [1.54, 1.807) is 6.08 Å². The molecular weight excluding hydrogens is 1090 g/mol. The fraction of sp³-hybridized carbons (Fsp3) is 0.880. The summed E-state index contributed by atoms with van der Waals surface area (Å²) in [6.07, 6.45) is 104. The second kappa shape index (κ2) is 78.3. The zero-order valence-electron chi connectivity index (χ0n) is 60.2. The molecule has 0 aromatic carbocycles. The summed E-state index contributed by atoms with van der Waals surface area (Å²) in [5.41, 5.74) is 0. The maximum absolute atomic E-state index is 12.5. The van der Waals surface area contributed by atoms with Gasteiger partial charge in [0.1, 0.15) is 0 Å². The maximum atomic E-state index is 12.5. The van der Waals surface area contributed by atoms with Gasteiger partial charge < -0.3 is 20.3 Å². The van der Waals surface area contributed by atoms with Gasteiger partial charge in [-0.2, -0.15) is 0 Å². The van der Waals surface area contributed by atoms with Crippen molar-refractivity contribution in [2.45, 2.75) is 456 Å². The second-order valence-corrected chi connectivity index (χ2v) is 27.7. The lowest BCUT2D eigenvalue weighted by Crippen LogP contribution is -2.45. The van der Waals surface area contributed by atoms with Crippen LogP contribution < -0.4 is 5.32 Å². The van der Waals surface area contributed by atoms with Crippen LogP contribution in [0.4, 0.5) is 0 Å². The van der Waals surface area contributed by atoms with Gasteiger partial charge >= 0.3 is 5.97 Å². The van der Waals surface area contributed by atoms with Gasteiger partial charge in [0.15, 0.2) is 0 Å². The highest BCUT2D eigenvalue weighted by Crippen LogP contribution is 2.19. The fourth-order valence-corrected chi connectivity index (χ4v) is 12.7. The monoisotopic (exact) mass is 1250 g/mol. The molecule has 6 nitrogen and oxygen atoms in total. The zero-order valence-corrected chi connectivity index (χ0v) is 60.2. The van der Waals surface area contributed by atoms with Gasteiger partial charge in [0, 0.05) is 12.8 Å². The third-order valence-corrected chi connectivity index (χ3v) is 18.8. The highest BCUT2D eigenvalue weighted by atomic mass is 16.5. The Morgan fingerprint density at radius 1 is 0.315 bits per heavy atom. The number of ether oxygens (including phenoxy) is 1. The van der Waals surface area contributed by atoms with Crippen molar-refractivity contribution in [2.75, 3.05) is 13.2 Å². The summed E-state index contributed by atoms with van der Waals surface area (Å²) in [6, 6.07) is -0.627. The molecule has 3 N–H and O–H groups in total. The number of unbranched alkanes of at least 4 members (excludes halogenated alkanes) is 59. The Morgan fingerprint density at radius 2 is 0.562 bits per heavy atom. The summed E-state index contributed by atoms with van der Waals surface area (Å²) < 4.78 is 5.49. The lowest BCUT2D eigenvalue weighted by Gasteiger charge is -2.20. The van der Waals surface area contributed by atoms with Crippen molar-refractivity contribution in [1.82, 2.24) is 5.32 Å². The van der Waals surface area contributed by atoms with Crippen LogP contribution in [0.3, 0.4) is 0 Å². The number of hydrogen-bond donors (Lipinski definition) is 3. The molecule has 0 aliphatic carbocycles. The Morgan fingerprint density at radius 3 is 0.865 bits per heavy atom. The van der Waals surface area contributed by atoms with E-state index in [4.69, 9.17) is 4.74 Å². The molecule has 0 spiro atoms. The summed E-state index contributed by atoms with van der Waals surface area (Å²) in [5, 5.41) is 23.3. The number of carbonyl (C=O) groups is 2. The van der Waals surface area contributed by atoms with Crippen molar-refractivity contribution >= 4 is 11.9 Å². The van der Waals surface area contributed by atoms with Crippen molar-refractivity contribution in [3.63, 3.8) is 0 Å². The van der Waals surface area contributed by atoms with Crippen molar-refractivity contribution in [3.05, 3.63) is 48.6 Å². The molecule has 0 aromatic heterocycles. The Labute approximate surface area is 556 Å². The minimum absolute atomic E-state index is 0.0120. The van der Waals surface area contributed by atoms with Crippen LogP contribution >= 0.6 is 0 Å². The summed E-state index contributed by atoms with van der Waals surface area (Å²) in [5.74, 6) is -0.0491. The molecule has 0 saturated heterocycles. The Balaban J connectivity index is 3.37. The first-order chi connectivity index (χ1) is 44.0. The Hall–Kier alpha value is -2.18. The fourth-order valence-electron chi connectivity index (χ4n) is 12.7. The van der Waals surface area contributed by atoms with E-state index in [9.17, 15) is 19.8 Å². The third-order valence-electron chi connectivity index (χ3n) is 18.8. The zero-order chi connectivity index (χ0) is 64.2. The molecule has 0 aromatic rings. The molecule has 89 heavy (non-hydrogen) atoms. The minimum Gasteiger partial charge on any atom is -0.466 e. The van der Waals surface area contributed by atoms with Crippen molar-refractivity contribution in [3.8, 4) is 0 Å². The summed E-state index contributed by atoms with van der Waals surface area (Å²) in [7, 11) is 0. The molecule has 0 fully saturated rings. The molecule has 6 heteroatoms. The number of rotatable bonds is 76. The largest absolute Gasteiger partial charge is 0.466 e. The van der Waals surface area contributed by atoms with E-state index in [2.05, 4.69) is 55.6 Å². The highest BCUT2D eigenvalue weighted by molar-refractivity contribution is 5.76. The van der Waals surface area contributed by atoms with Crippen molar-refractivity contribution in [2.24, 2.45) is 0 Å². The Kier molecular flexibility index (Phi) is 76.3. The summed E-state index contributed by atoms with van der Waals surface area (Å²) in [4.78, 5) is 24.6. The van der Waals surface area contributed by atoms with Gasteiger partial charge in [-0.05, 0) is 89.9 Å². The van der Waals surface area contributed by atoms with E-state index in [1.807, 2.05) is 6.08 Å². The lowest BCUT2D eigenvalue weighted by atomic mass is 10.0. The Bertz CT molecular complexity index is 1490. The molecule has 0 bridgehead atoms. The molecule has 2 atom stereocenters. The van der Waals surface area contributed by atoms with Crippen LogP contribution in [0, 0.1) is 0 Å². The van der Waals surface area contributed by atoms with Crippen LogP contribution in [0.15, 0.2) is 48.6 Å². The number of esters is 1. The molecular formula is C83H157NO5. The van der Waals surface area contributed by atoms with Crippen LogP contribution in [0.5, 0.6) is 0 Å². The van der Waals surface area contributed by atoms with Crippen LogP contribution in [-0.4, -0.2) is 47.4 Å². The molecule has 0 aliphatic heterocycles. The van der Waals surface area contributed by atoms with E-state index in [0.717, 1.165) is 51.4 Å². The van der Waals surface area contributed by atoms with Crippen LogP contribution in [0.1, 0.15) is 444 Å². The number of hydrogen-bond acceptors (Lipinski definition) is 5. The van der Waals surface area contributed by atoms with Gasteiger partial charge in [0.05, 0.1) is 25.4 Å². The number of aliphatic hydroxyl groups excluding tert-OH is 2. The number of allylic oxidation sites excluding steroid dienone is 7. The SMILES string of the molecule is CCCCCCC/C=C\CCCCCCCC(=O)OCCCCCCCCCCCCCCCCC/C=C\C/C=C\CCCCCCCCCCCCCCCCCCCC(=O)NC(CO)C(O)/C=C/CCCCCCCCCCCCCCCCCCC. The van der Waals surface area contributed by atoms with Crippen LogP contribution in [0.25, 0.3) is 0 Å². The van der Waals surface area contributed by atoms with Gasteiger partial charge in [-0.25, -0.2) is 0 Å². The van der Waals surface area contributed by atoms with E-state index >= 15 is 0 Å². The predicted molar refractivity (Wildman–Crippen MR) is 393 cm³/mol. The first kappa shape index (κ1) is 86.8. The lowest BCUT2D eigenvalue weighted by molar-refractivity contribution is -0.143. The average molecular weight is 1250 g/mol. The van der Waals surface area contributed by atoms with Gasteiger partial charge in [-0.15, -0.1) is 0 Å². The standard InChI is InChI=1S/C83H157NO5/c1-3-5-7-9-11-13-15-17-19-20-42-45-48-51-55-59-63-67-71-75-81(86)80(79-85)84-82(87)76-72-68-64-60-56-52-49-46-43-40-38-36-34-32-30-28-26-24-22-21-23-25-27-29-31-33-35-37-39-41-44-47-50-54-58-62-66-70-74-78-89-83(88)77-73-69-65-61-57-53-18-16-14-12-10-8-6-4-2/h16,18,21-22,25,27,71,75,80-81,85-86H,3-15,17,19-20,23-24,26,28-70,72-74,76-79H2,1-2H3,(H,84,87)/b18-16-,22-21-,27-25-,75-71+. The quantitative estimate of drug-likeness (QED) is 0.0320. The van der Waals surface area contributed by atoms with E-state index in [0.29, 0.717) is 19.4 Å². The first-order valence-electron chi connectivity index (χ1n) is 40.4. The van der Waals surface area contributed by atoms with E-state index < -0.39 is 12.1 Å². The van der Waals surface area contributed by atoms with Crippen molar-refractivity contribution in [1.29, 1.82) is 0 Å². The highest BCUT2D eigenvalue weighted by Gasteiger charge is 2.18. The smallest absolute Gasteiger partial charge is 0.305 e. The molecule has 0 rings (SSSR count). The minimum atomic E-state index is -0.844. The van der Waals surface area contributed by atoms with Crippen molar-refractivity contribution < 1.29 is 24.5 Å². The average Bonchev–Trinajstić information content (AvgIpc) is 3.63. The van der Waals surface area contributed by atoms with Crippen LogP contribution in [0.2, 0.25) is 0 Å². The molecule has 0 radical (unpaired) electrons. The molecule has 524 valence electrons. The number of amides is 1. The number of carbonyl (C=O) groups excluding carboxylic acids is 2. The second-order valence-electron chi connectivity index (χ2n) is 27.7. The van der Waals surface area contributed by atoms with Gasteiger partial charge in [0.2, 0.25) is 5.91 Å². The molecule has 0 heterocycles. The number of aliphatic hydroxyl groups is 2. The molecule has 1 amide bonds. The van der Waals surface area contributed by atoms with Gasteiger partial charge in [0.25, 0.3) is 0 Å². The molecule has 0 aliphatic rings. The van der Waals surface area contributed by atoms with E-state index in [-0.39, 0.29) is 18.5 Å². The molecule has 2 unspecified atom stereocenters. The first-order valence-corrected chi connectivity index (χ1v) is 40.4.